The predicted molar refractivity (Wildman–Crippen MR) is 88.4 cm³/mol. The molecule has 1 aromatic heterocycles. The first-order chi connectivity index (χ1) is 9.92. The van der Waals surface area contributed by atoms with Gasteiger partial charge < -0.3 is 5.32 Å². The van der Waals surface area contributed by atoms with Crippen molar-refractivity contribution in [1.82, 2.24) is 4.98 Å². The third kappa shape index (κ3) is 4.09. The van der Waals surface area contributed by atoms with Gasteiger partial charge in [-0.05, 0) is 47.1 Å². The van der Waals surface area contributed by atoms with E-state index in [0.717, 1.165) is 0 Å². The molecule has 2 aromatic rings. The van der Waals surface area contributed by atoms with Crippen molar-refractivity contribution in [3.05, 3.63) is 46.0 Å². The summed E-state index contributed by atoms with van der Waals surface area (Å²) in [6.45, 7) is 2.57. The van der Waals surface area contributed by atoms with Crippen LogP contribution in [-0.2, 0) is 10.0 Å². The molecule has 8 heteroatoms. The van der Waals surface area contributed by atoms with Crippen LogP contribution in [0.4, 0.5) is 11.5 Å². The molecular weight excluding hydrogens is 378 g/mol. The van der Waals surface area contributed by atoms with Crippen LogP contribution in [0.1, 0.15) is 6.92 Å². The zero-order valence-corrected chi connectivity index (χ0v) is 14.3. The predicted octanol–water partition coefficient (Wildman–Crippen LogP) is 3.73. The zero-order chi connectivity index (χ0) is 15.5. The molecule has 0 aliphatic carbocycles. The van der Waals surface area contributed by atoms with E-state index in [-0.39, 0.29) is 4.90 Å². The molecule has 0 fully saturated rings. The number of rotatable bonds is 5. The average molecular weight is 391 g/mol. The van der Waals surface area contributed by atoms with E-state index in [1.165, 1.54) is 18.3 Å². The van der Waals surface area contributed by atoms with Crippen LogP contribution in [0.15, 0.2) is 45.9 Å². The maximum absolute atomic E-state index is 12.3. The fourth-order valence-electron chi connectivity index (χ4n) is 1.63. The van der Waals surface area contributed by atoms with E-state index in [4.69, 9.17) is 11.6 Å². The highest BCUT2D eigenvalue weighted by Crippen LogP contribution is 2.27. The summed E-state index contributed by atoms with van der Waals surface area (Å²) in [5.74, 6) is 0.512. The molecule has 0 spiro atoms. The number of nitrogens with zero attached hydrogens (tertiary/aromatic N) is 1. The highest BCUT2D eigenvalue weighted by Gasteiger charge is 2.15. The monoisotopic (exact) mass is 389 g/mol. The number of benzene rings is 1. The molecule has 0 aliphatic heterocycles. The van der Waals surface area contributed by atoms with Crippen LogP contribution in [0.3, 0.4) is 0 Å². The van der Waals surface area contributed by atoms with Crippen molar-refractivity contribution in [3.63, 3.8) is 0 Å². The number of anilines is 2. The normalized spacial score (nSPS) is 11.2. The molecule has 0 bridgehead atoms. The lowest BCUT2D eigenvalue weighted by Crippen LogP contribution is -2.13. The highest BCUT2D eigenvalue weighted by atomic mass is 79.9. The van der Waals surface area contributed by atoms with Gasteiger partial charge in [0.15, 0.2) is 0 Å². The quantitative estimate of drug-likeness (QED) is 0.816. The topological polar surface area (TPSA) is 71.1 Å². The average Bonchev–Trinajstić information content (AvgIpc) is 2.43. The first-order valence-electron chi connectivity index (χ1n) is 6.10. The minimum atomic E-state index is -3.68. The Hall–Kier alpha value is -1.31. The van der Waals surface area contributed by atoms with Gasteiger partial charge in [-0.15, -0.1) is 0 Å². The van der Waals surface area contributed by atoms with Gasteiger partial charge in [-0.1, -0.05) is 11.6 Å². The Morgan fingerprint density at radius 3 is 2.71 bits per heavy atom. The van der Waals surface area contributed by atoms with Crippen molar-refractivity contribution < 1.29 is 8.42 Å². The van der Waals surface area contributed by atoms with Crippen molar-refractivity contribution >= 4 is 49.1 Å². The van der Waals surface area contributed by atoms with Gasteiger partial charge >= 0.3 is 0 Å². The molecule has 0 amide bonds. The van der Waals surface area contributed by atoms with E-state index < -0.39 is 10.0 Å². The molecule has 0 unspecified atom stereocenters. The Bertz CT molecular complexity index is 753. The summed E-state index contributed by atoms with van der Waals surface area (Å²) in [7, 11) is -3.68. The van der Waals surface area contributed by atoms with Gasteiger partial charge in [0.25, 0.3) is 10.0 Å². The molecule has 0 saturated heterocycles. The molecule has 1 aromatic carbocycles. The highest BCUT2D eigenvalue weighted by molar-refractivity contribution is 9.10. The molecule has 0 saturated carbocycles. The van der Waals surface area contributed by atoms with Crippen molar-refractivity contribution in [2.75, 3.05) is 16.6 Å². The van der Waals surface area contributed by atoms with E-state index >= 15 is 0 Å². The van der Waals surface area contributed by atoms with Crippen molar-refractivity contribution in [2.24, 2.45) is 0 Å². The van der Waals surface area contributed by atoms with Crippen LogP contribution < -0.4 is 10.0 Å². The van der Waals surface area contributed by atoms with Crippen LogP contribution >= 0.6 is 27.5 Å². The van der Waals surface area contributed by atoms with E-state index in [9.17, 15) is 8.42 Å². The molecule has 1 heterocycles. The second-order valence-corrected chi connectivity index (χ2v) is 7.09. The fraction of sp³-hybridized carbons (Fsp3) is 0.154. The Labute approximate surface area is 136 Å². The second kappa shape index (κ2) is 6.64. The van der Waals surface area contributed by atoms with Gasteiger partial charge in [-0.3, -0.25) is 4.72 Å². The summed E-state index contributed by atoms with van der Waals surface area (Å²) >= 11 is 9.14. The van der Waals surface area contributed by atoms with Gasteiger partial charge in [-0.2, -0.15) is 0 Å². The van der Waals surface area contributed by atoms with Crippen molar-refractivity contribution in [1.29, 1.82) is 0 Å². The number of aromatic nitrogens is 1. The Morgan fingerprint density at radius 1 is 1.29 bits per heavy atom. The number of sulfonamides is 1. The fourth-order valence-corrected chi connectivity index (χ4v) is 3.19. The Kier molecular flexibility index (Phi) is 5.08. The maximum Gasteiger partial charge on any atom is 0.262 e. The molecule has 5 nitrogen and oxygen atoms in total. The van der Waals surface area contributed by atoms with Gasteiger partial charge in [-0.25, -0.2) is 13.4 Å². The number of hydrogen-bond donors (Lipinski definition) is 2. The molecule has 0 aliphatic rings. The lowest BCUT2D eigenvalue weighted by Gasteiger charge is -2.10. The first-order valence-corrected chi connectivity index (χ1v) is 8.75. The van der Waals surface area contributed by atoms with Crippen LogP contribution in [0.25, 0.3) is 0 Å². The molecule has 0 radical (unpaired) electrons. The molecule has 2 N–H and O–H groups in total. The second-order valence-electron chi connectivity index (χ2n) is 4.14. The Morgan fingerprint density at radius 2 is 2.05 bits per heavy atom. The third-order valence-electron chi connectivity index (χ3n) is 2.57. The minimum Gasteiger partial charge on any atom is -0.370 e. The lowest BCUT2D eigenvalue weighted by atomic mass is 10.3. The van der Waals surface area contributed by atoms with Gasteiger partial charge in [0.05, 0.1) is 15.6 Å². The molecule has 0 atom stereocenters. The first kappa shape index (κ1) is 16.1. The zero-order valence-electron chi connectivity index (χ0n) is 11.1. The number of pyridine rings is 1. The van der Waals surface area contributed by atoms with Crippen LogP contribution in [0.2, 0.25) is 5.02 Å². The SMILES string of the molecule is CCNc1cc(S(=O)(=O)Nc2ccc(Cl)c(Br)c2)ccn1. The van der Waals surface area contributed by atoms with Gasteiger partial charge in [0.1, 0.15) is 5.82 Å². The molecular formula is C13H13BrClN3O2S. The lowest BCUT2D eigenvalue weighted by molar-refractivity contribution is 0.601. The summed E-state index contributed by atoms with van der Waals surface area (Å²) in [6.07, 6.45) is 1.45. The largest absolute Gasteiger partial charge is 0.370 e. The van der Waals surface area contributed by atoms with Crippen molar-refractivity contribution in [2.45, 2.75) is 11.8 Å². The number of halogens is 2. The van der Waals surface area contributed by atoms with Crippen LogP contribution in [-0.4, -0.2) is 19.9 Å². The molecule has 112 valence electrons. The summed E-state index contributed by atoms with van der Waals surface area (Å²) in [5, 5.41) is 3.48. The van der Waals surface area contributed by atoms with Crippen LogP contribution in [0, 0.1) is 0 Å². The van der Waals surface area contributed by atoms with E-state index in [1.807, 2.05) is 6.92 Å². The van der Waals surface area contributed by atoms with Gasteiger partial charge in [0, 0.05) is 23.3 Å². The number of nitrogens with one attached hydrogen (secondary N) is 2. The maximum atomic E-state index is 12.3. The van der Waals surface area contributed by atoms with Crippen molar-refractivity contribution in [3.8, 4) is 0 Å². The summed E-state index contributed by atoms with van der Waals surface area (Å²) < 4.78 is 27.8. The van der Waals surface area contributed by atoms with E-state index in [1.54, 1.807) is 18.2 Å². The van der Waals surface area contributed by atoms with Crippen LogP contribution in [0.5, 0.6) is 0 Å². The summed E-state index contributed by atoms with van der Waals surface area (Å²) in [5.41, 5.74) is 0.424. The standard InChI is InChI=1S/C13H13BrClN3O2S/c1-2-16-13-8-10(5-6-17-13)21(19,20)18-9-3-4-12(15)11(14)7-9/h3-8,18H,2H2,1H3,(H,16,17). The number of hydrogen-bond acceptors (Lipinski definition) is 4. The van der Waals surface area contributed by atoms with Gasteiger partial charge in [0.2, 0.25) is 0 Å². The molecule has 2 rings (SSSR count). The van der Waals surface area contributed by atoms with E-state index in [0.29, 0.717) is 27.5 Å². The van der Waals surface area contributed by atoms with E-state index in [2.05, 4.69) is 31.0 Å². The Balaban J connectivity index is 2.29. The smallest absolute Gasteiger partial charge is 0.262 e. The minimum absolute atomic E-state index is 0.138. The third-order valence-corrected chi connectivity index (χ3v) is 5.16. The summed E-state index contributed by atoms with van der Waals surface area (Å²) in [6, 6.07) is 7.73. The molecule has 21 heavy (non-hydrogen) atoms. The summed E-state index contributed by atoms with van der Waals surface area (Å²) in [4.78, 5) is 4.19.